The maximum Gasteiger partial charge on any atom is 0.370 e. The van der Waals surface area contributed by atoms with Crippen molar-refractivity contribution in [2.75, 3.05) is 64.6 Å². The van der Waals surface area contributed by atoms with Gasteiger partial charge >= 0.3 is 11.8 Å². The number of nitrogens with one attached hydrogen (secondary N) is 2. The summed E-state index contributed by atoms with van der Waals surface area (Å²) in [5.74, 6) is -1.37. The quantitative estimate of drug-likeness (QED) is 0.197. The lowest BCUT2D eigenvalue weighted by atomic mass is 10.0. The van der Waals surface area contributed by atoms with Gasteiger partial charge in [0.2, 0.25) is 6.04 Å². The van der Waals surface area contributed by atoms with Gasteiger partial charge in [0.1, 0.15) is 6.54 Å². The minimum absolute atomic E-state index is 0.149. The molecule has 2 amide bonds. The molecule has 32 heavy (non-hydrogen) atoms. The van der Waals surface area contributed by atoms with Crippen molar-refractivity contribution in [3.8, 4) is 0 Å². The van der Waals surface area contributed by atoms with Crippen LogP contribution in [0.25, 0.3) is 0 Å². The highest BCUT2D eigenvalue weighted by Crippen LogP contribution is 2.37. The summed E-state index contributed by atoms with van der Waals surface area (Å²) in [5, 5.41) is 27.9. The van der Waals surface area contributed by atoms with E-state index < -0.39 is 27.6 Å². The molecule has 2 heterocycles. The van der Waals surface area contributed by atoms with Crippen molar-refractivity contribution in [3.63, 3.8) is 0 Å². The second-order valence-electron chi connectivity index (χ2n) is 7.84. The molecule has 0 bridgehead atoms. The minimum Gasteiger partial charge on any atom is -0.627 e. The van der Waals surface area contributed by atoms with E-state index in [2.05, 4.69) is 5.32 Å². The smallest absolute Gasteiger partial charge is 0.370 e. The molecular weight excluding hydrogens is 420 g/mol. The van der Waals surface area contributed by atoms with Crippen LogP contribution >= 0.6 is 0 Å². The Morgan fingerprint density at radius 3 is 2.50 bits per heavy atom. The molecule has 178 valence electrons. The molecule has 11 nitrogen and oxygen atoms in total. The lowest BCUT2D eigenvalue weighted by Crippen LogP contribution is -3.13. The van der Waals surface area contributed by atoms with Crippen LogP contribution in [0.5, 0.6) is 0 Å². The van der Waals surface area contributed by atoms with Crippen LogP contribution in [0, 0.1) is 10.4 Å². The summed E-state index contributed by atoms with van der Waals surface area (Å²) in [4.78, 5) is 25.2. The van der Waals surface area contributed by atoms with E-state index in [4.69, 9.17) is 19.9 Å². The van der Waals surface area contributed by atoms with Gasteiger partial charge in [-0.25, -0.2) is 9.59 Å². The monoisotopic (exact) mass is 452 g/mol. The predicted molar refractivity (Wildman–Crippen MR) is 115 cm³/mol. The number of amides is 2. The molecule has 3 rings (SSSR count). The first-order chi connectivity index (χ1) is 15.5. The molecule has 3 atom stereocenters. The number of piperidine rings is 1. The maximum atomic E-state index is 13.4. The first-order valence-electron chi connectivity index (χ1n) is 11.0. The molecule has 0 spiro atoms. The van der Waals surface area contributed by atoms with Crippen LogP contribution in [-0.4, -0.2) is 81.8 Å². The van der Waals surface area contributed by atoms with Gasteiger partial charge in [-0.15, -0.1) is 0 Å². The number of rotatable bonds is 13. The van der Waals surface area contributed by atoms with Gasteiger partial charge < -0.3 is 40.7 Å². The number of ether oxygens (including phenoxy) is 3. The molecule has 4 N–H and O–H groups in total. The highest BCUT2D eigenvalue weighted by molar-refractivity contribution is 5.96. The zero-order valence-corrected chi connectivity index (χ0v) is 18.2. The summed E-state index contributed by atoms with van der Waals surface area (Å²) < 4.78 is 14.8. The Labute approximate surface area is 187 Å². The van der Waals surface area contributed by atoms with Gasteiger partial charge in [-0.2, -0.15) is 0 Å². The maximum absolute atomic E-state index is 13.4. The Balaban J connectivity index is 1.46. The number of nitrogens with two attached hydrogens (primary N) is 1. The van der Waals surface area contributed by atoms with Gasteiger partial charge in [-0.3, -0.25) is 4.65 Å². The summed E-state index contributed by atoms with van der Waals surface area (Å²) >= 11 is 0. The standard InChI is InChI=1S/C21H32N4O7/c22-6-9-30-11-13-32-14-12-31-10-7-23-18-4-1-3-16-17(18)15-25(29,21(16)27)19-5-2-8-24(28)20(19)26/h1,3-4,19,23-24H,2,5-15,22H2. The van der Waals surface area contributed by atoms with Crippen molar-refractivity contribution >= 4 is 17.5 Å². The Morgan fingerprint density at radius 2 is 1.78 bits per heavy atom. The third-order valence-electron chi connectivity index (χ3n) is 5.67. The first kappa shape index (κ1) is 24.7. The van der Waals surface area contributed by atoms with Crippen LogP contribution in [0.1, 0.15) is 28.8 Å². The third-order valence-corrected chi connectivity index (χ3v) is 5.67. The molecule has 0 saturated carbocycles. The Kier molecular flexibility index (Phi) is 9.08. The fraction of sp³-hybridized carbons (Fsp3) is 0.619. The Morgan fingerprint density at radius 1 is 1.09 bits per heavy atom. The number of fused-ring (bicyclic) bond motifs is 1. The first-order valence-corrected chi connectivity index (χ1v) is 11.0. The second-order valence-corrected chi connectivity index (χ2v) is 7.84. The number of hydroxylamine groups is 5. The van der Waals surface area contributed by atoms with Crippen LogP contribution in [0.3, 0.4) is 0 Å². The number of hydrogen-bond donors (Lipinski definition) is 3. The summed E-state index contributed by atoms with van der Waals surface area (Å²) in [6.07, 6.45) is 0.708. The van der Waals surface area contributed by atoms with Gasteiger partial charge in [0.15, 0.2) is 0 Å². The SMILES string of the molecule is NCCOCCOCCOCCNc1cccc2c1C[N+]([O-])(C1CCC[NH+]([O-])C1=O)C2=O. The van der Waals surface area contributed by atoms with Gasteiger partial charge in [-0.1, -0.05) is 6.07 Å². The summed E-state index contributed by atoms with van der Waals surface area (Å²) in [5.41, 5.74) is 6.88. The van der Waals surface area contributed by atoms with E-state index in [0.29, 0.717) is 76.0 Å². The van der Waals surface area contributed by atoms with Gasteiger partial charge in [0, 0.05) is 37.2 Å². The molecule has 0 aromatic heterocycles. The molecule has 2 aliphatic rings. The fourth-order valence-corrected chi connectivity index (χ4v) is 4.06. The molecule has 1 saturated heterocycles. The molecule has 1 fully saturated rings. The normalized spacial score (nSPS) is 25.2. The fourth-order valence-electron chi connectivity index (χ4n) is 4.06. The van der Waals surface area contributed by atoms with E-state index in [1.165, 1.54) is 0 Å². The Hall–Kier alpha value is -1.96. The second kappa shape index (κ2) is 11.8. The zero-order valence-electron chi connectivity index (χ0n) is 18.2. The molecule has 11 heteroatoms. The van der Waals surface area contributed by atoms with E-state index in [-0.39, 0.29) is 19.5 Å². The molecule has 3 unspecified atom stereocenters. The third kappa shape index (κ3) is 5.69. The highest BCUT2D eigenvalue weighted by atomic mass is 16.6. The molecule has 1 aromatic rings. The van der Waals surface area contributed by atoms with E-state index >= 15 is 0 Å². The zero-order chi connectivity index (χ0) is 23.0. The van der Waals surface area contributed by atoms with E-state index in [0.717, 1.165) is 0 Å². The average molecular weight is 453 g/mol. The van der Waals surface area contributed by atoms with Crippen LogP contribution in [0.4, 0.5) is 5.69 Å². The van der Waals surface area contributed by atoms with E-state index in [1.54, 1.807) is 18.2 Å². The van der Waals surface area contributed by atoms with E-state index in [1.807, 2.05) is 0 Å². The van der Waals surface area contributed by atoms with Crippen LogP contribution in [0.15, 0.2) is 18.2 Å². The number of anilines is 1. The number of carbonyl (C=O) groups excluding carboxylic acids is 2. The van der Waals surface area contributed by atoms with Gasteiger partial charge in [0.25, 0.3) is 0 Å². The van der Waals surface area contributed by atoms with Crippen molar-refractivity contribution in [2.45, 2.75) is 25.4 Å². The van der Waals surface area contributed by atoms with Crippen molar-refractivity contribution in [3.05, 3.63) is 39.7 Å². The van der Waals surface area contributed by atoms with Crippen molar-refractivity contribution in [2.24, 2.45) is 5.73 Å². The number of quaternary nitrogens is 2. The number of carbonyl (C=O) groups is 2. The Bertz CT molecular complexity index is 793. The van der Waals surface area contributed by atoms with Crippen LogP contribution < -0.4 is 16.1 Å². The molecule has 1 aromatic carbocycles. The van der Waals surface area contributed by atoms with E-state index in [9.17, 15) is 20.0 Å². The van der Waals surface area contributed by atoms with Gasteiger partial charge in [-0.05, 0) is 12.1 Å². The van der Waals surface area contributed by atoms with Crippen LogP contribution in [-0.2, 0) is 25.5 Å². The minimum atomic E-state index is -1.30. The predicted octanol–water partition coefficient (Wildman–Crippen LogP) is -0.853. The summed E-state index contributed by atoms with van der Waals surface area (Å²) in [6.45, 7) is 3.75. The topological polar surface area (TPSA) is 150 Å². The average Bonchev–Trinajstić information content (AvgIpc) is 3.05. The largest absolute Gasteiger partial charge is 0.627 e. The van der Waals surface area contributed by atoms with Crippen molar-refractivity contribution < 1.29 is 33.5 Å². The van der Waals surface area contributed by atoms with Crippen molar-refractivity contribution in [1.29, 1.82) is 0 Å². The lowest BCUT2D eigenvalue weighted by Gasteiger charge is -2.44. The highest BCUT2D eigenvalue weighted by Gasteiger charge is 2.51. The molecule has 2 aliphatic heterocycles. The molecule has 0 radical (unpaired) electrons. The van der Waals surface area contributed by atoms with Gasteiger partial charge in [0.05, 0.1) is 51.7 Å². The summed E-state index contributed by atoms with van der Waals surface area (Å²) in [7, 11) is 0. The molecule has 0 aliphatic carbocycles. The van der Waals surface area contributed by atoms with Crippen molar-refractivity contribution in [1.82, 2.24) is 0 Å². The summed E-state index contributed by atoms with van der Waals surface area (Å²) in [6, 6.07) is 3.94. The number of hydrogen-bond acceptors (Lipinski definition) is 9. The molecular formula is C21H32N4O7. The van der Waals surface area contributed by atoms with Crippen LogP contribution in [0.2, 0.25) is 0 Å². The number of benzene rings is 1. The lowest BCUT2D eigenvalue weighted by molar-refractivity contribution is -0.857. The number of nitrogens with zero attached hydrogens (tertiary/aromatic N) is 1.